The third-order valence-electron chi connectivity index (χ3n) is 2.04. The third-order valence-corrected chi connectivity index (χ3v) is 2.89. The summed E-state index contributed by atoms with van der Waals surface area (Å²) in [5.41, 5.74) is 2.74. The molecule has 0 radical (unpaired) electrons. The first kappa shape index (κ1) is 10.3. The first-order valence-electron chi connectivity index (χ1n) is 4.61. The Morgan fingerprint density at radius 2 is 2.33 bits per heavy atom. The van der Waals surface area contributed by atoms with Gasteiger partial charge in [0, 0.05) is 12.7 Å². The minimum atomic E-state index is 0.750. The molecule has 2 heterocycles. The fraction of sp³-hybridized carbons (Fsp3) is 0.200. The summed E-state index contributed by atoms with van der Waals surface area (Å²) in [6.45, 7) is 0.750. The quantitative estimate of drug-likeness (QED) is 0.893. The Kier molecular flexibility index (Phi) is 3.13. The first-order valence-corrected chi connectivity index (χ1v) is 5.41. The monoisotopic (exact) mass is 266 g/mol. The smallest absolute Gasteiger partial charge is 0.125 e. The van der Waals surface area contributed by atoms with Crippen molar-refractivity contribution in [3.63, 3.8) is 0 Å². The number of H-pyrrole nitrogens is 1. The van der Waals surface area contributed by atoms with Crippen LogP contribution in [0.2, 0.25) is 0 Å². The van der Waals surface area contributed by atoms with Gasteiger partial charge in [-0.15, -0.1) is 0 Å². The summed E-state index contributed by atoms with van der Waals surface area (Å²) < 4.78 is 0.968. The van der Waals surface area contributed by atoms with Gasteiger partial charge in [0.05, 0.1) is 15.9 Å². The molecule has 0 aliphatic rings. The second kappa shape index (κ2) is 4.55. The molecule has 0 aromatic carbocycles. The molecule has 2 aromatic rings. The van der Waals surface area contributed by atoms with E-state index in [0.29, 0.717) is 0 Å². The lowest BCUT2D eigenvalue weighted by atomic mass is 10.2. The summed E-state index contributed by atoms with van der Waals surface area (Å²) in [4.78, 5) is 4.25. The van der Waals surface area contributed by atoms with Crippen LogP contribution in [0.3, 0.4) is 0 Å². The lowest BCUT2D eigenvalue weighted by Gasteiger charge is -1.97. The lowest BCUT2D eigenvalue weighted by Crippen LogP contribution is -2.05. The van der Waals surface area contributed by atoms with Crippen molar-refractivity contribution in [3.05, 3.63) is 34.6 Å². The van der Waals surface area contributed by atoms with Crippen LogP contribution in [-0.2, 0) is 6.54 Å². The van der Waals surface area contributed by atoms with E-state index in [2.05, 4.69) is 36.4 Å². The molecule has 0 aliphatic heterocycles. The van der Waals surface area contributed by atoms with Gasteiger partial charge in [-0.05, 0) is 35.1 Å². The summed E-state index contributed by atoms with van der Waals surface area (Å²) >= 11 is 3.52. The van der Waals surface area contributed by atoms with Crippen molar-refractivity contribution in [2.24, 2.45) is 0 Å². The van der Waals surface area contributed by atoms with E-state index < -0.39 is 0 Å². The Hall–Kier alpha value is -1.20. The summed E-state index contributed by atoms with van der Waals surface area (Å²) in [5.74, 6) is 0. The van der Waals surface area contributed by atoms with E-state index in [4.69, 9.17) is 0 Å². The molecule has 15 heavy (non-hydrogen) atoms. The number of aromatic amines is 1. The molecule has 0 bridgehead atoms. The molecule has 4 nitrogen and oxygen atoms in total. The number of hydrogen-bond donors (Lipinski definition) is 2. The van der Waals surface area contributed by atoms with E-state index in [0.717, 1.165) is 28.1 Å². The Balaban J connectivity index is 2.38. The van der Waals surface area contributed by atoms with Crippen LogP contribution in [0.15, 0.2) is 28.9 Å². The Labute approximate surface area is 96.3 Å². The molecule has 0 spiro atoms. The molecule has 2 N–H and O–H groups in total. The second-order valence-corrected chi connectivity index (χ2v) is 3.90. The van der Waals surface area contributed by atoms with Crippen molar-refractivity contribution < 1.29 is 0 Å². The lowest BCUT2D eigenvalue weighted by molar-refractivity contribution is 0.781. The average molecular weight is 267 g/mol. The highest BCUT2D eigenvalue weighted by Crippen LogP contribution is 2.26. The SMILES string of the molecule is CNCc1[nH]nc(-c2ccccn2)c1Br. The van der Waals surface area contributed by atoms with Crippen LogP contribution in [0, 0.1) is 0 Å². The Morgan fingerprint density at radius 1 is 1.47 bits per heavy atom. The highest BCUT2D eigenvalue weighted by Gasteiger charge is 2.11. The number of halogens is 1. The van der Waals surface area contributed by atoms with Crippen molar-refractivity contribution in [1.29, 1.82) is 0 Å². The molecule has 0 saturated carbocycles. The van der Waals surface area contributed by atoms with Gasteiger partial charge in [0.25, 0.3) is 0 Å². The van der Waals surface area contributed by atoms with Gasteiger partial charge in [-0.1, -0.05) is 6.07 Å². The van der Waals surface area contributed by atoms with Crippen LogP contribution in [0.25, 0.3) is 11.4 Å². The fourth-order valence-electron chi connectivity index (χ4n) is 1.33. The summed E-state index contributed by atoms with van der Waals surface area (Å²) in [6.07, 6.45) is 1.76. The number of rotatable bonds is 3. The molecule has 2 aromatic heterocycles. The zero-order valence-electron chi connectivity index (χ0n) is 8.29. The molecule has 0 aliphatic carbocycles. The van der Waals surface area contributed by atoms with Crippen molar-refractivity contribution in [2.45, 2.75) is 6.54 Å². The van der Waals surface area contributed by atoms with Crippen LogP contribution in [0.4, 0.5) is 0 Å². The maximum Gasteiger partial charge on any atom is 0.125 e. The van der Waals surface area contributed by atoms with Crippen LogP contribution in [-0.4, -0.2) is 22.2 Å². The van der Waals surface area contributed by atoms with Crippen LogP contribution < -0.4 is 5.32 Å². The van der Waals surface area contributed by atoms with Crippen molar-refractivity contribution in [3.8, 4) is 11.4 Å². The van der Waals surface area contributed by atoms with Crippen LogP contribution >= 0.6 is 15.9 Å². The molecule has 78 valence electrons. The van der Waals surface area contributed by atoms with E-state index in [1.54, 1.807) is 6.20 Å². The van der Waals surface area contributed by atoms with Crippen LogP contribution in [0.1, 0.15) is 5.69 Å². The van der Waals surface area contributed by atoms with Gasteiger partial charge < -0.3 is 5.32 Å². The van der Waals surface area contributed by atoms with Gasteiger partial charge in [0.1, 0.15) is 5.69 Å². The standard InChI is InChI=1S/C10H11BrN4/c1-12-6-8-9(11)10(15-14-8)7-4-2-3-5-13-7/h2-5,12H,6H2,1H3,(H,14,15). The maximum atomic E-state index is 4.25. The highest BCUT2D eigenvalue weighted by atomic mass is 79.9. The minimum absolute atomic E-state index is 0.750. The molecule has 0 saturated heterocycles. The van der Waals surface area contributed by atoms with Gasteiger partial charge in [-0.3, -0.25) is 10.1 Å². The van der Waals surface area contributed by atoms with E-state index in [9.17, 15) is 0 Å². The van der Waals surface area contributed by atoms with E-state index in [-0.39, 0.29) is 0 Å². The Bertz CT molecular complexity index is 438. The fourth-order valence-corrected chi connectivity index (χ4v) is 1.85. The number of nitrogens with zero attached hydrogens (tertiary/aromatic N) is 2. The summed E-state index contributed by atoms with van der Waals surface area (Å²) in [5, 5.41) is 10.3. The predicted molar refractivity (Wildman–Crippen MR) is 62.3 cm³/mol. The van der Waals surface area contributed by atoms with Crippen molar-refractivity contribution in [1.82, 2.24) is 20.5 Å². The zero-order valence-corrected chi connectivity index (χ0v) is 9.87. The summed E-state index contributed by atoms with van der Waals surface area (Å²) in [6, 6.07) is 5.77. The van der Waals surface area contributed by atoms with Gasteiger partial charge in [-0.2, -0.15) is 5.10 Å². The molecule has 2 rings (SSSR count). The summed E-state index contributed by atoms with van der Waals surface area (Å²) in [7, 11) is 1.90. The number of hydrogen-bond acceptors (Lipinski definition) is 3. The normalized spacial score (nSPS) is 10.5. The topological polar surface area (TPSA) is 53.6 Å². The van der Waals surface area contributed by atoms with E-state index in [1.807, 2.05) is 25.2 Å². The molecular weight excluding hydrogens is 256 g/mol. The van der Waals surface area contributed by atoms with E-state index >= 15 is 0 Å². The van der Waals surface area contributed by atoms with Gasteiger partial charge >= 0.3 is 0 Å². The molecule has 0 atom stereocenters. The maximum absolute atomic E-state index is 4.25. The second-order valence-electron chi connectivity index (χ2n) is 3.11. The molecule has 0 fully saturated rings. The predicted octanol–water partition coefficient (Wildman–Crippen LogP) is 1.95. The van der Waals surface area contributed by atoms with Crippen LogP contribution in [0.5, 0.6) is 0 Å². The number of aromatic nitrogens is 3. The third kappa shape index (κ3) is 2.08. The average Bonchev–Trinajstić information content (AvgIpc) is 2.63. The number of pyridine rings is 1. The first-order chi connectivity index (χ1) is 7.33. The number of nitrogens with one attached hydrogen (secondary N) is 2. The zero-order chi connectivity index (χ0) is 10.7. The largest absolute Gasteiger partial charge is 0.314 e. The highest BCUT2D eigenvalue weighted by molar-refractivity contribution is 9.10. The van der Waals surface area contributed by atoms with Crippen molar-refractivity contribution in [2.75, 3.05) is 7.05 Å². The van der Waals surface area contributed by atoms with Crippen molar-refractivity contribution >= 4 is 15.9 Å². The Morgan fingerprint density at radius 3 is 3.00 bits per heavy atom. The van der Waals surface area contributed by atoms with Gasteiger partial charge in [-0.25, -0.2) is 0 Å². The van der Waals surface area contributed by atoms with Gasteiger partial charge in [0.15, 0.2) is 0 Å². The molecule has 5 heteroatoms. The minimum Gasteiger partial charge on any atom is -0.314 e. The molecule has 0 unspecified atom stereocenters. The molecule has 0 amide bonds. The molecular formula is C10H11BrN4. The van der Waals surface area contributed by atoms with E-state index in [1.165, 1.54) is 0 Å². The van der Waals surface area contributed by atoms with Gasteiger partial charge in [0.2, 0.25) is 0 Å².